The number of carbonyl (C=O) groups is 2. The van der Waals surface area contributed by atoms with Gasteiger partial charge in [0.25, 0.3) is 5.91 Å². The highest BCUT2D eigenvalue weighted by Gasteiger charge is 2.14. The molecule has 0 bridgehead atoms. The molecule has 1 amide bonds. The zero-order valence-electron chi connectivity index (χ0n) is 14.2. The van der Waals surface area contributed by atoms with Crippen molar-refractivity contribution in [2.75, 3.05) is 0 Å². The monoisotopic (exact) mass is 349 g/mol. The summed E-state index contributed by atoms with van der Waals surface area (Å²) in [6, 6.07) is 21.6. The molecule has 4 heteroatoms. The Kier molecular flexibility index (Phi) is 5.10. The lowest BCUT2D eigenvalue weighted by atomic mass is 10.0. The Morgan fingerprint density at radius 1 is 0.840 bits per heavy atom. The molecule has 0 aliphatic rings. The van der Waals surface area contributed by atoms with Gasteiger partial charge in [-0.15, -0.1) is 11.3 Å². The summed E-state index contributed by atoms with van der Waals surface area (Å²) >= 11 is 1.22. The molecular formula is C21H19NO2S. The molecule has 0 aliphatic carbocycles. The third-order valence-corrected chi connectivity index (χ3v) is 5.23. The van der Waals surface area contributed by atoms with Gasteiger partial charge in [0.05, 0.1) is 15.8 Å². The van der Waals surface area contributed by atoms with Gasteiger partial charge in [0.15, 0.2) is 5.78 Å². The fraction of sp³-hybridized carbons (Fsp3) is 0.143. The standard InChI is InChI=1S/C21H19NO2S/c1-14(22-21(24)20-13-12-19(25-20)15(2)23)16-8-10-18(11-9-16)17-6-4-3-5-7-17/h3-14H,1-2H3,(H,22,24). The molecule has 0 fully saturated rings. The molecule has 3 nitrogen and oxygen atoms in total. The first-order chi connectivity index (χ1) is 12.0. The normalized spacial score (nSPS) is 11.8. The lowest BCUT2D eigenvalue weighted by molar-refractivity contribution is 0.0943. The van der Waals surface area contributed by atoms with E-state index < -0.39 is 0 Å². The third kappa shape index (κ3) is 4.03. The molecular weight excluding hydrogens is 330 g/mol. The van der Waals surface area contributed by atoms with Gasteiger partial charge in [-0.2, -0.15) is 0 Å². The number of amides is 1. The van der Waals surface area contributed by atoms with Gasteiger partial charge in [0, 0.05) is 0 Å². The molecule has 1 unspecified atom stereocenters. The van der Waals surface area contributed by atoms with Crippen LogP contribution in [0.2, 0.25) is 0 Å². The second kappa shape index (κ2) is 7.45. The summed E-state index contributed by atoms with van der Waals surface area (Å²) < 4.78 is 0. The van der Waals surface area contributed by atoms with Crippen LogP contribution in [0.25, 0.3) is 11.1 Å². The fourth-order valence-electron chi connectivity index (χ4n) is 2.60. The molecule has 1 atom stereocenters. The van der Waals surface area contributed by atoms with Crippen LogP contribution in [0.3, 0.4) is 0 Å². The summed E-state index contributed by atoms with van der Waals surface area (Å²) in [6.07, 6.45) is 0. The predicted octanol–water partition coefficient (Wildman–Crippen LogP) is 5.11. The lowest BCUT2D eigenvalue weighted by Gasteiger charge is -2.14. The van der Waals surface area contributed by atoms with Gasteiger partial charge in [0.2, 0.25) is 0 Å². The highest BCUT2D eigenvalue weighted by Crippen LogP contribution is 2.23. The summed E-state index contributed by atoms with van der Waals surface area (Å²) in [6.45, 7) is 3.46. The van der Waals surface area contributed by atoms with Crippen LogP contribution in [-0.2, 0) is 0 Å². The first-order valence-corrected chi connectivity index (χ1v) is 8.93. The van der Waals surface area contributed by atoms with E-state index in [9.17, 15) is 9.59 Å². The first-order valence-electron chi connectivity index (χ1n) is 8.11. The number of Topliss-reactive ketones (excluding diaryl/α,β-unsaturated/α-hetero) is 1. The van der Waals surface area contributed by atoms with Gasteiger partial charge in [-0.1, -0.05) is 54.6 Å². The average molecular weight is 349 g/mol. The Balaban J connectivity index is 1.69. The number of hydrogen-bond acceptors (Lipinski definition) is 3. The van der Waals surface area contributed by atoms with Crippen molar-refractivity contribution in [2.45, 2.75) is 19.9 Å². The van der Waals surface area contributed by atoms with Crippen LogP contribution in [0.1, 0.15) is 44.8 Å². The van der Waals surface area contributed by atoms with Crippen LogP contribution in [0.4, 0.5) is 0 Å². The summed E-state index contributed by atoms with van der Waals surface area (Å²) in [5, 5.41) is 2.98. The minimum atomic E-state index is -0.155. The third-order valence-electron chi connectivity index (χ3n) is 4.04. The van der Waals surface area contributed by atoms with E-state index in [-0.39, 0.29) is 17.7 Å². The van der Waals surface area contributed by atoms with Gasteiger partial charge in [-0.05, 0) is 42.7 Å². The number of thiophene rings is 1. The van der Waals surface area contributed by atoms with Crippen molar-refractivity contribution in [3.8, 4) is 11.1 Å². The van der Waals surface area contributed by atoms with Gasteiger partial charge in [-0.25, -0.2) is 0 Å². The van der Waals surface area contributed by atoms with Crippen molar-refractivity contribution in [1.29, 1.82) is 0 Å². The largest absolute Gasteiger partial charge is 0.345 e. The van der Waals surface area contributed by atoms with Crippen molar-refractivity contribution < 1.29 is 9.59 Å². The predicted molar refractivity (Wildman–Crippen MR) is 102 cm³/mol. The SMILES string of the molecule is CC(=O)c1ccc(C(=O)NC(C)c2ccc(-c3ccccc3)cc2)s1. The number of carbonyl (C=O) groups excluding carboxylic acids is 2. The molecule has 2 aromatic carbocycles. The summed E-state index contributed by atoms with van der Waals surface area (Å²) in [4.78, 5) is 24.8. The van der Waals surface area contributed by atoms with E-state index >= 15 is 0 Å². The van der Waals surface area contributed by atoms with E-state index in [4.69, 9.17) is 0 Å². The Hall–Kier alpha value is -2.72. The van der Waals surface area contributed by atoms with Gasteiger partial charge in [-0.3, -0.25) is 9.59 Å². The molecule has 0 aliphatic heterocycles. The molecule has 25 heavy (non-hydrogen) atoms. The van der Waals surface area contributed by atoms with Crippen LogP contribution >= 0.6 is 11.3 Å². The van der Waals surface area contributed by atoms with E-state index in [0.717, 1.165) is 11.1 Å². The fourth-order valence-corrected chi connectivity index (χ4v) is 3.40. The van der Waals surface area contributed by atoms with Crippen LogP contribution in [0.5, 0.6) is 0 Å². The molecule has 3 rings (SSSR count). The van der Waals surface area contributed by atoms with E-state index in [1.807, 2.05) is 37.3 Å². The molecule has 0 radical (unpaired) electrons. The van der Waals surface area contributed by atoms with E-state index in [0.29, 0.717) is 9.75 Å². The maximum atomic E-state index is 12.3. The molecule has 1 N–H and O–H groups in total. The molecule has 126 valence electrons. The quantitative estimate of drug-likeness (QED) is 0.651. The molecule has 3 aromatic rings. The average Bonchev–Trinajstić information content (AvgIpc) is 3.13. The van der Waals surface area contributed by atoms with Crippen LogP contribution in [-0.4, -0.2) is 11.7 Å². The van der Waals surface area contributed by atoms with Crippen molar-refractivity contribution >= 4 is 23.0 Å². The Morgan fingerprint density at radius 2 is 1.44 bits per heavy atom. The zero-order valence-corrected chi connectivity index (χ0v) is 15.0. The maximum absolute atomic E-state index is 12.3. The number of nitrogens with one attached hydrogen (secondary N) is 1. The molecule has 0 saturated carbocycles. The molecule has 1 heterocycles. The van der Waals surface area contributed by atoms with Crippen LogP contribution < -0.4 is 5.32 Å². The molecule has 0 spiro atoms. The summed E-state index contributed by atoms with van der Waals surface area (Å²) in [7, 11) is 0. The highest BCUT2D eigenvalue weighted by molar-refractivity contribution is 7.15. The van der Waals surface area contributed by atoms with E-state index in [2.05, 4.69) is 29.6 Å². The smallest absolute Gasteiger partial charge is 0.261 e. The number of benzene rings is 2. The van der Waals surface area contributed by atoms with E-state index in [1.165, 1.54) is 23.8 Å². The van der Waals surface area contributed by atoms with Crippen molar-refractivity contribution in [3.63, 3.8) is 0 Å². The topological polar surface area (TPSA) is 46.2 Å². The second-order valence-corrected chi connectivity index (χ2v) is 6.99. The number of hydrogen-bond donors (Lipinski definition) is 1. The lowest BCUT2D eigenvalue weighted by Crippen LogP contribution is -2.25. The minimum Gasteiger partial charge on any atom is -0.345 e. The summed E-state index contributed by atoms with van der Waals surface area (Å²) in [5.74, 6) is -0.175. The van der Waals surface area contributed by atoms with Crippen molar-refractivity contribution in [3.05, 3.63) is 82.0 Å². The molecule has 1 aromatic heterocycles. The number of ketones is 1. The minimum absolute atomic E-state index is 0.0198. The molecule has 0 saturated heterocycles. The first kappa shape index (κ1) is 17.1. The maximum Gasteiger partial charge on any atom is 0.261 e. The van der Waals surface area contributed by atoms with Crippen LogP contribution in [0.15, 0.2) is 66.7 Å². The Bertz CT molecular complexity index is 882. The number of rotatable bonds is 5. The van der Waals surface area contributed by atoms with E-state index in [1.54, 1.807) is 12.1 Å². The summed E-state index contributed by atoms with van der Waals surface area (Å²) in [5.41, 5.74) is 3.35. The highest BCUT2D eigenvalue weighted by atomic mass is 32.1. The second-order valence-electron chi connectivity index (χ2n) is 5.90. The van der Waals surface area contributed by atoms with Gasteiger partial charge in [0.1, 0.15) is 0 Å². The Labute approximate surface area is 151 Å². The van der Waals surface area contributed by atoms with Crippen molar-refractivity contribution in [2.24, 2.45) is 0 Å². The van der Waals surface area contributed by atoms with Crippen molar-refractivity contribution in [1.82, 2.24) is 5.32 Å². The zero-order chi connectivity index (χ0) is 17.8. The Morgan fingerprint density at radius 3 is 2.04 bits per heavy atom. The van der Waals surface area contributed by atoms with Crippen LogP contribution in [0, 0.1) is 0 Å². The van der Waals surface area contributed by atoms with Gasteiger partial charge >= 0.3 is 0 Å². The van der Waals surface area contributed by atoms with Gasteiger partial charge < -0.3 is 5.32 Å².